The van der Waals surface area contributed by atoms with E-state index < -0.39 is 34.4 Å². The van der Waals surface area contributed by atoms with Crippen LogP contribution < -0.4 is 15.8 Å². The van der Waals surface area contributed by atoms with Gasteiger partial charge in [0.05, 0.1) is 18.2 Å². The Morgan fingerprint density at radius 2 is 2.00 bits per heavy atom. The molecule has 10 nitrogen and oxygen atoms in total. The molecule has 1 aliphatic heterocycles. The fourth-order valence-electron chi connectivity index (χ4n) is 3.54. The van der Waals surface area contributed by atoms with Crippen molar-refractivity contribution in [2.75, 3.05) is 25.6 Å². The van der Waals surface area contributed by atoms with Crippen molar-refractivity contribution in [1.29, 1.82) is 0 Å². The lowest BCUT2D eigenvalue weighted by Crippen LogP contribution is -2.42. The van der Waals surface area contributed by atoms with Gasteiger partial charge in [-0.25, -0.2) is 13.2 Å². The summed E-state index contributed by atoms with van der Waals surface area (Å²) < 4.78 is 38.2. The minimum absolute atomic E-state index is 0.0409. The van der Waals surface area contributed by atoms with Crippen LogP contribution in [0.4, 0.5) is 5.00 Å². The Hall–Kier alpha value is -2.96. The van der Waals surface area contributed by atoms with E-state index in [9.17, 15) is 22.8 Å². The van der Waals surface area contributed by atoms with E-state index in [4.69, 9.17) is 15.2 Å². The van der Waals surface area contributed by atoms with Gasteiger partial charge in [-0.15, -0.1) is 11.3 Å². The molecule has 2 aromatic rings. The number of hydrogen-bond donors (Lipinski definition) is 2. The second-order valence-electron chi connectivity index (χ2n) is 7.48. The fourth-order valence-corrected chi connectivity index (χ4v) is 6.23. The highest BCUT2D eigenvalue weighted by molar-refractivity contribution is 7.89. The van der Waals surface area contributed by atoms with Crippen LogP contribution in [-0.2, 0) is 19.6 Å². The number of carbonyl (C=O) groups is 3. The first kappa shape index (κ1) is 24.7. The smallest absolute Gasteiger partial charge is 0.338 e. The fraction of sp³-hybridized carbons (Fsp3) is 0.381. The lowest BCUT2D eigenvalue weighted by Gasteiger charge is -2.32. The zero-order valence-corrected chi connectivity index (χ0v) is 19.8. The largest absolute Gasteiger partial charge is 0.495 e. The predicted molar refractivity (Wildman–Crippen MR) is 122 cm³/mol. The number of hydrogen-bond acceptors (Lipinski definition) is 8. The first-order valence-electron chi connectivity index (χ1n) is 10.2. The van der Waals surface area contributed by atoms with E-state index in [1.807, 2.05) is 6.92 Å². The van der Waals surface area contributed by atoms with Crippen molar-refractivity contribution < 1.29 is 32.3 Å². The number of esters is 1. The maximum Gasteiger partial charge on any atom is 0.338 e. The first-order chi connectivity index (χ1) is 15.6. The van der Waals surface area contributed by atoms with Crippen LogP contribution in [0.15, 0.2) is 34.5 Å². The van der Waals surface area contributed by atoms with Crippen LogP contribution in [0.3, 0.4) is 0 Å². The number of benzene rings is 1. The minimum atomic E-state index is -3.91. The quantitative estimate of drug-likeness (QED) is 0.534. The van der Waals surface area contributed by atoms with Crippen molar-refractivity contribution in [3.05, 3.63) is 40.8 Å². The highest BCUT2D eigenvalue weighted by Crippen LogP contribution is 2.32. The van der Waals surface area contributed by atoms with Crippen LogP contribution in [0.25, 0.3) is 0 Å². The molecule has 33 heavy (non-hydrogen) atoms. The molecule has 1 atom stereocenters. The van der Waals surface area contributed by atoms with E-state index in [0.29, 0.717) is 6.54 Å². The van der Waals surface area contributed by atoms with E-state index in [-0.39, 0.29) is 32.8 Å². The average molecular weight is 496 g/mol. The SMILES string of the molecule is COc1ccc(C(=O)OCC(=O)Nc2sccc2C(N)=O)cc1S(=O)(=O)N1CCCC[C@H]1C. The molecular formula is C21H25N3O7S2. The number of amides is 2. The molecule has 3 rings (SSSR count). The molecule has 1 aromatic carbocycles. The number of ether oxygens (including phenoxy) is 2. The van der Waals surface area contributed by atoms with Gasteiger partial charge in [0.25, 0.3) is 11.8 Å². The standard InChI is InChI=1S/C21H25N3O7S2/c1-13-5-3-4-9-24(13)33(28,29)17-11-14(6-7-16(17)30-2)21(27)31-12-18(25)23-20-15(19(22)26)8-10-32-20/h6-8,10-11,13H,3-5,9,12H2,1-2H3,(H2,22,26)(H,23,25)/t13-/m1/s1. The summed E-state index contributed by atoms with van der Waals surface area (Å²) in [6.45, 7) is 1.60. The molecule has 1 fully saturated rings. The van der Waals surface area contributed by atoms with Gasteiger partial charge in [0.15, 0.2) is 6.61 Å². The summed E-state index contributed by atoms with van der Waals surface area (Å²) in [7, 11) is -2.56. The summed E-state index contributed by atoms with van der Waals surface area (Å²) in [6.07, 6.45) is 2.45. The lowest BCUT2D eigenvalue weighted by molar-refractivity contribution is -0.119. The van der Waals surface area contributed by atoms with Gasteiger partial charge in [-0.1, -0.05) is 6.42 Å². The number of anilines is 1. The van der Waals surface area contributed by atoms with Crippen molar-refractivity contribution in [3.8, 4) is 5.75 Å². The number of methoxy groups -OCH3 is 1. The Morgan fingerprint density at radius 3 is 2.67 bits per heavy atom. The summed E-state index contributed by atoms with van der Waals surface area (Å²) in [5.41, 5.74) is 5.35. The van der Waals surface area contributed by atoms with Crippen LogP contribution in [0.1, 0.15) is 46.9 Å². The molecule has 1 aliphatic rings. The second kappa shape index (κ2) is 10.3. The Kier molecular flexibility index (Phi) is 7.72. The maximum absolute atomic E-state index is 13.3. The Morgan fingerprint density at radius 1 is 1.24 bits per heavy atom. The van der Waals surface area contributed by atoms with Crippen molar-refractivity contribution in [3.63, 3.8) is 0 Å². The topological polar surface area (TPSA) is 145 Å². The van der Waals surface area contributed by atoms with Crippen LogP contribution in [0.5, 0.6) is 5.75 Å². The molecule has 0 saturated carbocycles. The normalized spacial score (nSPS) is 16.7. The van der Waals surface area contributed by atoms with Crippen LogP contribution >= 0.6 is 11.3 Å². The summed E-state index contributed by atoms with van der Waals surface area (Å²) in [6, 6.07) is 5.23. The van der Waals surface area contributed by atoms with Crippen molar-refractivity contribution in [2.24, 2.45) is 5.73 Å². The molecule has 1 aromatic heterocycles. The Balaban J connectivity index is 1.74. The number of thiophene rings is 1. The number of sulfonamides is 1. The molecule has 0 radical (unpaired) electrons. The molecule has 0 aliphatic carbocycles. The second-order valence-corrected chi connectivity index (χ2v) is 10.3. The molecule has 12 heteroatoms. The van der Waals surface area contributed by atoms with Crippen LogP contribution in [0.2, 0.25) is 0 Å². The lowest BCUT2D eigenvalue weighted by atomic mass is 10.1. The van der Waals surface area contributed by atoms with E-state index in [1.54, 1.807) is 5.38 Å². The van der Waals surface area contributed by atoms with Crippen molar-refractivity contribution >= 4 is 44.1 Å². The van der Waals surface area contributed by atoms with Gasteiger partial charge >= 0.3 is 5.97 Å². The number of nitrogens with zero attached hydrogens (tertiary/aromatic N) is 1. The Labute approximate surface area is 195 Å². The maximum atomic E-state index is 13.3. The van der Waals surface area contributed by atoms with E-state index in [0.717, 1.165) is 30.6 Å². The molecule has 178 valence electrons. The molecule has 0 spiro atoms. The van der Waals surface area contributed by atoms with Crippen LogP contribution in [0, 0.1) is 0 Å². The Bertz CT molecular complexity index is 1160. The highest BCUT2D eigenvalue weighted by Gasteiger charge is 2.33. The van der Waals surface area contributed by atoms with E-state index in [1.165, 1.54) is 35.7 Å². The molecule has 3 N–H and O–H groups in total. The van der Waals surface area contributed by atoms with Crippen LogP contribution in [-0.4, -0.2) is 56.8 Å². The van der Waals surface area contributed by atoms with Gasteiger partial charge in [-0.3, -0.25) is 9.59 Å². The van der Waals surface area contributed by atoms with Crippen molar-refractivity contribution in [1.82, 2.24) is 4.31 Å². The van der Waals surface area contributed by atoms with Gasteiger partial charge in [0.2, 0.25) is 10.0 Å². The highest BCUT2D eigenvalue weighted by atomic mass is 32.2. The summed E-state index contributed by atoms with van der Waals surface area (Å²) >= 11 is 1.10. The summed E-state index contributed by atoms with van der Waals surface area (Å²) in [5, 5.41) is 4.29. The monoisotopic (exact) mass is 495 g/mol. The third-order valence-corrected chi connectivity index (χ3v) is 8.11. The van der Waals surface area contributed by atoms with E-state index >= 15 is 0 Å². The van der Waals surface area contributed by atoms with Gasteiger partial charge in [-0.05, 0) is 49.4 Å². The molecule has 2 heterocycles. The number of piperidine rings is 1. The molecule has 1 saturated heterocycles. The number of rotatable bonds is 8. The first-order valence-corrected chi connectivity index (χ1v) is 12.5. The number of primary amides is 1. The average Bonchev–Trinajstić information content (AvgIpc) is 3.25. The summed E-state index contributed by atoms with van der Waals surface area (Å²) in [5.74, 6) is -2.13. The zero-order valence-electron chi connectivity index (χ0n) is 18.2. The third kappa shape index (κ3) is 5.52. The van der Waals surface area contributed by atoms with Gasteiger partial charge in [-0.2, -0.15) is 4.31 Å². The van der Waals surface area contributed by atoms with E-state index in [2.05, 4.69) is 5.32 Å². The van der Waals surface area contributed by atoms with Gasteiger partial charge in [0.1, 0.15) is 15.6 Å². The molecule has 2 amide bonds. The summed E-state index contributed by atoms with van der Waals surface area (Å²) in [4.78, 5) is 35.9. The third-order valence-electron chi connectivity index (χ3n) is 5.25. The van der Waals surface area contributed by atoms with Crippen molar-refractivity contribution in [2.45, 2.75) is 37.1 Å². The van der Waals surface area contributed by atoms with Gasteiger partial charge < -0.3 is 20.5 Å². The number of nitrogens with two attached hydrogens (primary N) is 1. The molecule has 0 unspecified atom stereocenters. The number of carbonyl (C=O) groups excluding carboxylic acids is 3. The van der Waals surface area contributed by atoms with Gasteiger partial charge in [0, 0.05) is 12.6 Å². The molecule has 0 bridgehead atoms. The zero-order chi connectivity index (χ0) is 24.2. The number of nitrogens with one attached hydrogen (secondary N) is 1. The predicted octanol–water partition coefficient (Wildman–Crippen LogP) is 2.21. The minimum Gasteiger partial charge on any atom is -0.495 e. The molecular weight excluding hydrogens is 470 g/mol.